The summed E-state index contributed by atoms with van der Waals surface area (Å²) in [4.78, 5) is 0. The number of hydrogen-bond donors (Lipinski definition) is 0. The van der Waals surface area contributed by atoms with Crippen LogP contribution in [0, 0.1) is 47.3 Å². The fourth-order valence-electron chi connectivity index (χ4n) is 15.3. The quantitative estimate of drug-likeness (QED) is 0.150. The van der Waals surface area contributed by atoms with E-state index in [-0.39, 0.29) is 37.1 Å². The summed E-state index contributed by atoms with van der Waals surface area (Å²) in [6.45, 7) is 33.5. The van der Waals surface area contributed by atoms with Gasteiger partial charge in [-0.2, -0.15) is 0 Å². The van der Waals surface area contributed by atoms with E-state index in [2.05, 4.69) is 225 Å². The Morgan fingerprint density at radius 2 is 0.517 bits per heavy atom. The Balaban J connectivity index is 0.000000512. The van der Waals surface area contributed by atoms with E-state index in [9.17, 15) is 0 Å². The van der Waals surface area contributed by atoms with Gasteiger partial charge in [-0.15, -0.1) is 0 Å². The van der Waals surface area contributed by atoms with Crippen LogP contribution in [0.2, 0.25) is 0 Å². The van der Waals surface area contributed by atoms with Crippen LogP contribution < -0.4 is 0 Å². The van der Waals surface area contributed by atoms with Crippen LogP contribution in [0.15, 0.2) is 121 Å². The van der Waals surface area contributed by atoms with Crippen LogP contribution >= 0.6 is 0 Å². The molecule has 4 saturated carbocycles. The second-order valence-corrected chi connectivity index (χ2v) is 30.5. The summed E-state index contributed by atoms with van der Waals surface area (Å²) in [5, 5.41) is 0. The van der Waals surface area contributed by atoms with Crippen molar-refractivity contribution in [2.45, 2.75) is 324 Å². The van der Waals surface area contributed by atoms with Crippen molar-refractivity contribution >= 4 is 0 Å². The van der Waals surface area contributed by atoms with E-state index in [1.54, 1.807) is 44.5 Å². The third kappa shape index (κ3) is 26.9. The average molecular weight is 1220 g/mol. The van der Waals surface area contributed by atoms with Crippen LogP contribution in [0.25, 0.3) is 0 Å². The Hall–Kier alpha value is -3.94. The monoisotopic (exact) mass is 1220 g/mol. The van der Waals surface area contributed by atoms with E-state index >= 15 is 0 Å². The zero-order valence-electron chi connectivity index (χ0n) is 56.9. The molecule has 10 unspecified atom stereocenters. The summed E-state index contributed by atoms with van der Waals surface area (Å²) in [7, 11) is 0. The molecular formula is C88H146O. The smallest absolute Gasteiger partial charge is 0.0855 e. The van der Waals surface area contributed by atoms with Gasteiger partial charge in [0, 0.05) is 6.61 Å². The summed E-state index contributed by atoms with van der Waals surface area (Å²) in [5.41, 5.74) is 16.2. The van der Waals surface area contributed by atoms with Gasteiger partial charge in [0.2, 0.25) is 0 Å². The van der Waals surface area contributed by atoms with E-state index in [1.165, 1.54) is 152 Å². The maximum atomic E-state index is 5.91. The molecular weight excluding hydrogens is 1070 g/mol. The molecule has 5 aromatic rings. The Labute approximate surface area is 556 Å². The molecule has 1 saturated heterocycles. The number of fused-ring (bicyclic) bond motifs is 19. The zero-order valence-corrected chi connectivity index (χ0v) is 56.9. The molecule has 504 valence electrons. The lowest BCUT2D eigenvalue weighted by Gasteiger charge is -2.37. The summed E-state index contributed by atoms with van der Waals surface area (Å²) in [6.07, 6.45) is 31.5. The van der Waals surface area contributed by atoms with E-state index in [0.717, 1.165) is 89.5 Å². The van der Waals surface area contributed by atoms with Gasteiger partial charge in [0.05, 0.1) is 6.10 Å². The Bertz CT molecular complexity index is 2250. The number of rotatable bonds is 0. The maximum absolute atomic E-state index is 5.91. The molecule has 0 amide bonds. The van der Waals surface area contributed by atoms with Crippen LogP contribution in [-0.2, 0) is 24.0 Å². The van der Waals surface area contributed by atoms with E-state index in [1.807, 2.05) is 0 Å². The Morgan fingerprint density at radius 3 is 0.843 bits per heavy atom. The van der Waals surface area contributed by atoms with Crippen molar-refractivity contribution < 1.29 is 4.74 Å². The van der Waals surface area contributed by atoms with Gasteiger partial charge < -0.3 is 4.74 Å². The molecule has 0 N–H and O–H groups in total. The van der Waals surface area contributed by atoms with E-state index < -0.39 is 0 Å². The summed E-state index contributed by atoms with van der Waals surface area (Å²) in [5.74, 6) is 12.5. The van der Waals surface area contributed by atoms with Crippen molar-refractivity contribution in [3.63, 3.8) is 0 Å². The SMILES string of the molecule is C.C.C.C.C.CC(C)C.CC(C)C.CC(C)C.CC(C)C.CC(C)C.c1ccc2c(c1)C1CCC2C1.c1ccc2c(c1)C1CCC2C1.c1ccc2c(c1)CCC1CCCCC21.c1ccc2c(c1)CCC1CCCCC21.c1ccc2c(c1)CCC1CCCOC21. The van der Waals surface area contributed by atoms with Gasteiger partial charge in [-0.05, 0) is 254 Å². The summed E-state index contributed by atoms with van der Waals surface area (Å²) in [6, 6.07) is 45.0. The normalized spacial score (nSPS) is 24.4. The zero-order chi connectivity index (χ0) is 60.5. The predicted octanol–water partition coefficient (Wildman–Crippen LogP) is 28.5. The van der Waals surface area contributed by atoms with Crippen molar-refractivity contribution in [2.24, 2.45) is 47.3 Å². The van der Waals surface area contributed by atoms with Crippen LogP contribution in [0.5, 0.6) is 0 Å². The maximum Gasteiger partial charge on any atom is 0.0855 e. The molecule has 10 aliphatic rings. The first-order valence-corrected chi connectivity index (χ1v) is 35.4. The minimum Gasteiger partial charge on any atom is -0.373 e. The highest BCUT2D eigenvalue weighted by atomic mass is 16.5. The van der Waals surface area contributed by atoms with Crippen molar-refractivity contribution in [1.82, 2.24) is 0 Å². The van der Waals surface area contributed by atoms with Crippen molar-refractivity contribution in [2.75, 3.05) is 6.61 Å². The Kier molecular flexibility index (Phi) is 40.9. The molecule has 1 heterocycles. The molecule has 1 nitrogen and oxygen atoms in total. The highest BCUT2D eigenvalue weighted by molar-refractivity contribution is 5.42. The fourth-order valence-corrected chi connectivity index (χ4v) is 15.3. The second-order valence-electron chi connectivity index (χ2n) is 30.5. The highest BCUT2D eigenvalue weighted by Gasteiger charge is 2.38. The molecule has 5 fully saturated rings. The minimum atomic E-state index is 0. The van der Waals surface area contributed by atoms with Crippen LogP contribution in [-0.4, -0.2) is 6.61 Å². The van der Waals surface area contributed by atoms with Crippen molar-refractivity contribution in [3.8, 4) is 0 Å². The van der Waals surface area contributed by atoms with Crippen molar-refractivity contribution in [1.29, 1.82) is 0 Å². The molecule has 1 heteroatoms. The summed E-state index contributed by atoms with van der Waals surface area (Å²) >= 11 is 0. The van der Waals surface area contributed by atoms with Gasteiger partial charge in [0.25, 0.3) is 0 Å². The first-order chi connectivity index (χ1) is 40.4. The molecule has 10 atom stereocenters. The lowest BCUT2D eigenvalue weighted by atomic mass is 9.68. The number of aryl methyl sites for hydroxylation is 3. The van der Waals surface area contributed by atoms with E-state index in [4.69, 9.17) is 4.74 Å². The molecule has 0 radical (unpaired) electrons. The second kappa shape index (κ2) is 43.8. The van der Waals surface area contributed by atoms with E-state index in [0.29, 0.717) is 6.10 Å². The van der Waals surface area contributed by atoms with Gasteiger partial charge in [-0.3, -0.25) is 0 Å². The third-order valence-corrected chi connectivity index (χ3v) is 18.5. The van der Waals surface area contributed by atoms with Crippen LogP contribution in [0.4, 0.5) is 0 Å². The van der Waals surface area contributed by atoms with Gasteiger partial charge in [-0.25, -0.2) is 0 Å². The predicted molar refractivity (Wildman–Crippen MR) is 403 cm³/mol. The largest absolute Gasteiger partial charge is 0.373 e. The molecule has 15 rings (SSSR count). The molecule has 0 aromatic heterocycles. The standard InChI is InChI=1S/2C14H18.C13H16O.2C11H12.5C4H10.5CH4/c2*1-3-7-13-11(5-1)9-10-12-6-2-4-8-14(12)13;1-2-6-12-10(4-1)7-8-11-5-3-9-14-13(11)12;2*1-2-4-11-9-6-5-8(7-9)10(11)3-1;5*1-4(2)3;;;;;/h2*1,3,5,7,12,14H,2,4,6,8-10H2;1-2,4,6,11,13H,3,5,7-9H2;2*1-4,8-9H,5-7H2;5*4H,1-3H3;5*1H4. The first-order valence-electron chi connectivity index (χ1n) is 35.4. The molecule has 9 aliphatic carbocycles. The fraction of sp³-hybridized carbons (Fsp3) is 0.659. The Morgan fingerprint density at radius 1 is 0.270 bits per heavy atom. The topological polar surface area (TPSA) is 9.23 Å². The first kappa shape index (κ1) is 83.1. The average Bonchev–Trinajstić information content (AvgIpc) is 1.84. The van der Waals surface area contributed by atoms with Crippen LogP contribution in [0.1, 0.15) is 360 Å². The number of ether oxygens (including phenoxy) is 1. The summed E-state index contributed by atoms with van der Waals surface area (Å²) < 4.78 is 5.91. The molecule has 1 aliphatic heterocycles. The van der Waals surface area contributed by atoms with Crippen molar-refractivity contribution in [3.05, 3.63) is 177 Å². The molecule has 89 heavy (non-hydrogen) atoms. The number of hydrogen-bond acceptors (Lipinski definition) is 1. The molecule has 4 bridgehead atoms. The lowest BCUT2D eigenvalue weighted by Crippen LogP contribution is -2.27. The minimum absolute atomic E-state index is 0. The van der Waals surface area contributed by atoms with Gasteiger partial charge in [0.15, 0.2) is 0 Å². The van der Waals surface area contributed by atoms with Gasteiger partial charge in [0.1, 0.15) is 0 Å². The molecule has 0 spiro atoms. The number of benzene rings is 5. The highest BCUT2D eigenvalue weighted by Crippen LogP contribution is 2.54. The van der Waals surface area contributed by atoms with Gasteiger partial charge in [-0.1, -0.05) is 288 Å². The molecule has 5 aromatic carbocycles. The third-order valence-electron chi connectivity index (χ3n) is 18.5. The van der Waals surface area contributed by atoms with Crippen LogP contribution in [0.3, 0.4) is 0 Å². The van der Waals surface area contributed by atoms with Gasteiger partial charge >= 0.3 is 0 Å². The lowest BCUT2D eigenvalue weighted by molar-refractivity contribution is -0.0362.